The number of ether oxygens (including phenoxy) is 1. The van der Waals surface area contributed by atoms with Gasteiger partial charge in [-0.1, -0.05) is 0 Å². The normalized spacial score (nSPS) is 18.1. The second-order valence-electron chi connectivity index (χ2n) is 6.58. The molecule has 3 aromatic rings. The van der Waals surface area contributed by atoms with E-state index in [9.17, 15) is 13.2 Å². The fourth-order valence-corrected chi connectivity index (χ4v) is 4.92. The first-order valence-corrected chi connectivity index (χ1v) is 10.6. The average Bonchev–Trinajstić information content (AvgIpc) is 3.40. The Hall–Kier alpha value is -3.07. The summed E-state index contributed by atoms with van der Waals surface area (Å²) in [6.45, 7) is 0. The van der Waals surface area contributed by atoms with Gasteiger partial charge in [-0.3, -0.25) is 9.48 Å². The maximum atomic E-state index is 12.7. The van der Waals surface area contributed by atoms with Gasteiger partial charge in [0.15, 0.2) is 21.3 Å². The van der Waals surface area contributed by atoms with Crippen molar-refractivity contribution in [2.75, 3.05) is 23.9 Å². The summed E-state index contributed by atoms with van der Waals surface area (Å²) in [6.07, 6.45) is 1.98. The zero-order valence-corrected chi connectivity index (χ0v) is 16.0. The summed E-state index contributed by atoms with van der Waals surface area (Å²) in [5, 5.41) is 7.18. The predicted octanol–water partition coefficient (Wildman–Crippen LogP) is 2.76. The number of hydrogen-bond acceptors (Lipinski definition) is 6. The van der Waals surface area contributed by atoms with Crippen molar-refractivity contribution in [3.8, 4) is 17.2 Å². The summed E-state index contributed by atoms with van der Waals surface area (Å²) >= 11 is 0. The molecule has 4 rings (SSSR count). The van der Waals surface area contributed by atoms with Gasteiger partial charge in [0.1, 0.15) is 11.4 Å². The number of rotatable bonds is 5. The number of carbonyl (C=O) groups is 1. The highest BCUT2D eigenvalue weighted by atomic mass is 32.2. The van der Waals surface area contributed by atoms with Crippen molar-refractivity contribution in [3.63, 3.8) is 0 Å². The SMILES string of the molecule is COc1ccc(NC(=O)c2cc(-c3ccco3)n(C3CCS(=O)(=O)C3)n2)cc1. The van der Waals surface area contributed by atoms with E-state index in [4.69, 9.17) is 9.15 Å². The van der Waals surface area contributed by atoms with Gasteiger partial charge in [-0.05, 0) is 42.8 Å². The minimum Gasteiger partial charge on any atom is -0.497 e. The third-order valence-corrected chi connectivity index (χ3v) is 6.39. The summed E-state index contributed by atoms with van der Waals surface area (Å²) in [5.41, 5.74) is 1.36. The van der Waals surface area contributed by atoms with Crippen molar-refractivity contribution in [1.29, 1.82) is 0 Å². The van der Waals surface area contributed by atoms with E-state index in [1.54, 1.807) is 54.3 Å². The number of sulfone groups is 1. The van der Waals surface area contributed by atoms with E-state index in [0.717, 1.165) is 0 Å². The molecule has 9 heteroatoms. The lowest BCUT2D eigenvalue weighted by Gasteiger charge is -2.11. The Bertz CT molecular complexity index is 1090. The highest BCUT2D eigenvalue weighted by molar-refractivity contribution is 7.91. The molecular weight excluding hydrogens is 382 g/mol. The van der Waals surface area contributed by atoms with Gasteiger partial charge < -0.3 is 14.5 Å². The molecule has 0 aliphatic carbocycles. The third kappa shape index (κ3) is 3.65. The number of aromatic nitrogens is 2. The molecule has 28 heavy (non-hydrogen) atoms. The predicted molar refractivity (Wildman–Crippen MR) is 103 cm³/mol. The highest BCUT2D eigenvalue weighted by Gasteiger charge is 2.32. The Morgan fingerprint density at radius 3 is 2.68 bits per heavy atom. The van der Waals surface area contributed by atoms with Crippen molar-refractivity contribution < 1.29 is 22.4 Å². The summed E-state index contributed by atoms with van der Waals surface area (Å²) in [7, 11) is -1.53. The minimum atomic E-state index is -3.10. The Balaban J connectivity index is 1.63. The summed E-state index contributed by atoms with van der Waals surface area (Å²) in [6, 6.07) is 11.7. The number of amides is 1. The van der Waals surface area contributed by atoms with Gasteiger partial charge in [0, 0.05) is 11.8 Å². The molecule has 1 aromatic carbocycles. The van der Waals surface area contributed by atoms with Crippen LogP contribution in [0.3, 0.4) is 0 Å². The van der Waals surface area contributed by atoms with Crippen molar-refractivity contribution in [1.82, 2.24) is 9.78 Å². The van der Waals surface area contributed by atoms with Crippen LogP contribution in [0.1, 0.15) is 23.0 Å². The van der Waals surface area contributed by atoms with Gasteiger partial charge in [0.2, 0.25) is 0 Å². The summed E-state index contributed by atoms with van der Waals surface area (Å²) in [5.74, 6) is 0.937. The summed E-state index contributed by atoms with van der Waals surface area (Å²) in [4.78, 5) is 12.7. The minimum absolute atomic E-state index is 0.00191. The Labute approximate surface area is 162 Å². The molecule has 8 nitrogen and oxygen atoms in total. The zero-order chi connectivity index (χ0) is 19.7. The van der Waals surface area contributed by atoms with Crippen LogP contribution >= 0.6 is 0 Å². The number of methoxy groups -OCH3 is 1. The average molecular weight is 401 g/mol. The van der Waals surface area contributed by atoms with Crippen LogP contribution in [0.4, 0.5) is 5.69 Å². The molecule has 1 atom stereocenters. The van der Waals surface area contributed by atoms with E-state index in [1.165, 1.54) is 6.26 Å². The topological polar surface area (TPSA) is 103 Å². The van der Waals surface area contributed by atoms with Crippen LogP contribution in [0.2, 0.25) is 0 Å². The Kier molecular flexibility index (Phi) is 4.68. The third-order valence-electron chi connectivity index (χ3n) is 4.64. The van der Waals surface area contributed by atoms with E-state index < -0.39 is 15.7 Å². The van der Waals surface area contributed by atoms with Crippen LogP contribution in [-0.2, 0) is 9.84 Å². The fourth-order valence-electron chi connectivity index (χ4n) is 3.23. The van der Waals surface area contributed by atoms with Crippen LogP contribution < -0.4 is 10.1 Å². The zero-order valence-electron chi connectivity index (χ0n) is 15.2. The van der Waals surface area contributed by atoms with E-state index in [-0.39, 0.29) is 23.2 Å². The number of anilines is 1. The first kappa shape index (κ1) is 18.3. The molecular formula is C19H19N3O5S. The first-order valence-electron chi connectivity index (χ1n) is 8.74. The molecule has 1 amide bonds. The molecule has 1 aliphatic rings. The van der Waals surface area contributed by atoms with Crippen LogP contribution in [0.25, 0.3) is 11.5 Å². The number of hydrogen-bond donors (Lipinski definition) is 1. The van der Waals surface area contributed by atoms with Crippen molar-refractivity contribution in [3.05, 3.63) is 54.4 Å². The number of nitrogens with one attached hydrogen (secondary N) is 1. The lowest BCUT2D eigenvalue weighted by atomic mass is 10.2. The van der Waals surface area contributed by atoms with Crippen LogP contribution in [0.15, 0.2) is 53.1 Å². The fraction of sp³-hybridized carbons (Fsp3) is 0.263. The molecule has 0 saturated carbocycles. The molecule has 2 aromatic heterocycles. The van der Waals surface area contributed by atoms with Crippen molar-refractivity contribution >= 4 is 21.4 Å². The lowest BCUT2D eigenvalue weighted by Crippen LogP contribution is -2.16. The maximum absolute atomic E-state index is 12.7. The Morgan fingerprint density at radius 1 is 1.29 bits per heavy atom. The molecule has 1 N–H and O–H groups in total. The van der Waals surface area contributed by atoms with Gasteiger partial charge in [-0.2, -0.15) is 5.10 Å². The molecule has 1 unspecified atom stereocenters. The maximum Gasteiger partial charge on any atom is 0.276 e. The number of benzene rings is 1. The van der Waals surface area contributed by atoms with Gasteiger partial charge >= 0.3 is 0 Å². The quantitative estimate of drug-likeness (QED) is 0.705. The van der Waals surface area contributed by atoms with E-state index in [1.807, 2.05) is 0 Å². The molecule has 146 valence electrons. The first-order chi connectivity index (χ1) is 13.4. The molecule has 1 saturated heterocycles. The van der Waals surface area contributed by atoms with Gasteiger partial charge in [-0.15, -0.1) is 0 Å². The van der Waals surface area contributed by atoms with E-state index in [0.29, 0.717) is 29.3 Å². The molecule has 1 aliphatic heterocycles. The standard InChI is InChI=1S/C19H19N3O5S/c1-26-15-6-4-13(5-7-15)20-19(23)16-11-17(18-3-2-9-27-18)22(21-16)14-8-10-28(24,25)12-14/h2-7,9,11,14H,8,10,12H2,1H3,(H,20,23). The smallest absolute Gasteiger partial charge is 0.276 e. The van der Waals surface area contributed by atoms with E-state index >= 15 is 0 Å². The molecule has 3 heterocycles. The van der Waals surface area contributed by atoms with Gasteiger partial charge in [0.25, 0.3) is 5.91 Å². The number of carbonyl (C=O) groups excluding carboxylic acids is 1. The van der Waals surface area contributed by atoms with Crippen molar-refractivity contribution in [2.45, 2.75) is 12.5 Å². The molecule has 0 bridgehead atoms. The Morgan fingerprint density at radius 2 is 2.07 bits per heavy atom. The van der Waals surface area contributed by atoms with Crippen LogP contribution in [0.5, 0.6) is 5.75 Å². The molecule has 0 spiro atoms. The van der Waals surface area contributed by atoms with Crippen LogP contribution in [0, 0.1) is 0 Å². The molecule has 0 radical (unpaired) electrons. The number of nitrogens with zero attached hydrogens (tertiary/aromatic N) is 2. The van der Waals surface area contributed by atoms with Gasteiger partial charge in [0.05, 0.1) is 30.9 Å². The second kappa shape index (κ2) is 7.16. The summed E-state index contributed by atoms with van der Waals surface area (Å²) < 4.78 is 35.9. The van der Waals surface area contributed by atoms with Crippen LogP contribution in [-0.4, -0.2) is 42.7 Å². The van der Waals surface area contributed by atoms with Crippen molar-refractivity contribution in [2.24, 2.45) is 0 Å². The largest absolute Gasteiger partial charge is 0.497 e. The molecule has 1 fully saturated rings. The lowest BCUT2D eigenvalue weighted by molar-refractivity contribution is 0.102. The number of furan rings is 1. The highest BCUT2D eigenvalue weighted by Crippen LogP contribution is 2.30. The second-order valence-corrected chi connectivity index (χ2v) is 8.80. The monoisotopic (exact) mass is 401 g/mol. The van der Waals surface area contributed by atoms with E-state index in [2.05, 4.69) is 10.4 Å². The van der Waals surface area contributed by atoms with Gasteiger partial charge in [-0.25, -0.2) is 8.42 Å².